The molecule has 0 unspecified atom stereocenters. The van der Waals surface area contributed by atoms with Crippen molar-refractivity contribution in [3.05, 3.63) is 40.7 Å². The van der Waals surface area contributed by atoms with E-state index in [4.69, 9.17) is 33.2 Å². The van der Waals surface area contributed by atoms with Gasteiger partial charge in [0.2, 0.25) is 0 Å². The minimum absolute atomic E-state index is 0.0642. The van der Waals surface area contributed by atoms with Crippen molar-refractivity contribution in [2.45, 2.75) is 141 Å². The third kappa shape index (κ3) is 8.74. The summed E-state index contributed by atoms with van der Waals surface area (Å²) in [4.78, 5) is 78.5. The summed E-state index contributed by atoms with van der Waals surface area (Å²) in [6.45, 7) is 15.3. The predicted molar refractivity (Wildman–Crippen MR) is 198 cm³/mol. The second-order valence-corrected chi connectivity index (χ2v) is 16.8. The molecular formula is C40H55N3O13. The monoisotopic (exact) mass is 785 g/mol. The van der Waals surface area contributed by atoms with Gasteiger partial charge in [-0.1, -0.05) is 12.1 Å². The summed E-state index contributed by atoms with van der Waals surface area (Å²) >= 11 is 0. The van der Waals surface area contributed by atoms with Crippen LogP contribution in [0.1, 0.15) is 97.8 Å². The Balaban J connectivity index is 1.28. The van der Waals surface area contributed by atoms with Gasteiger partial charge >= 0.3 is 24.2 Å². The number of amides is 2. The first-order valence-corrected chi connectivity index (χ1v) is 19.0. The zero-order valence-electron chi connectivity index (χ0n) is 34.0. The fraction of sp³-hybridized carbons (Fsp3) is 0.650. The van der Waals surface area contributed by atoms with Gasteiger partial charge in [0, 0.05) is 25.1 Å². The first kappa shape index (κ1) is 42.3. The summed E-state index contributed by atoms with van der Waals surface area (Å²) in [6.07, 6.45) is -2.28. The Hall–Kier alpha value is -4.86. The van der Waals surface area contributed by atoms with Gasteiger partial charge in [-0.15, -0.1) is 0 Å². The highest BCUT2D eigenvalue weighted by atomic mass is 16.7. The van der Waals surface area contributed by atoms with E-state index in [9.17, 15) is 28.8 Å². The number of likely N-dealkylation sites (N-methyl/N-ethyl adjacent to an activating group) is 1. The SMILES string of the molecule is Cc1ccc2c3c1O[C@H]1C(OC(=O)CCNC(=O)[C@H](C)OC(=O)OC(C)(C)C)=CC[C@@]4(OC(=O)CCNC(=O)[C@H](C)OC(=O)OC(C)(C)C)[C@@H](C2)N(C)CC[C@]314. The Morgan fingerprint density at radius 1 is 0.875 bits per heavy atom. The molecule has 6 atom stereocenters. The second kappa shape index (κ2) is 15.9. The smallest absolute Gasteiger partial charge is 0.481 e. The third-order valence-corrected chi connectivity index (χ3v) is 10.4. The highest BCUT2D eigenvalue weighted by Gasteiger charge is 2.74. The lowest BCUT2D eigenvalue weighted by Gasteiger charge is -2.62. The summed E-state index contributed by atoms with van der Waals surface area (Å²) in [5.74, 6) is -1.38. The van der Waals surface area contributed by atoms with Gasteiger partial charge in [-0.05, 0) is 106 Å². The van der Waals surface area contributed by atoms with Crippen LogP contribution in [0, 0.1) is 6.92 Å². The molecule has 0 aromatic heterocycles. The molecule has 2 aliphatic heterocycles. The number of nitrogens with zero attached hydrogens (tertiary/aromatic N) is 1. The Kier molecular flexibility index (Phi) is 12.0. The molecule has 0 saturated carbocycles. The molecule has 2 aliphatic carbocycles. The van der Waals surface area contributed by atoms with Crippen LogP contribution in [0.5, 0.6) is 5.75 Å². The minimum atomic E-state index is -1.15. The first-order valence-electron chi connectivity index (χ1n) is 19.0. The van der Waals surface area contributed by atoms with Crippen molar-refractivity contribution >= 4 is 36.1 Å². The number of hydrogen-bond acceptors (Lipinski definition) is 14. The van der Waals surface area contributed by atoms with E-state index in [1.165, 1.54) is 13.8 Å². The van der Waals surface area contributed by atoms with Crippen molar-refractivity contribution in [1.29, 1.82) is 0 Å². The lowest BCUT2D eigenvalue weighted by Crippen LogP contribution is -2.75. The van der Waals surface area contributed by atoms with Crippen molar-refractivity contribution in [3.8, 4) is 5.75 Å². The number of piperidine rings is 1. The maximum absolute atomic E-state index is 13.8. The van der Waals surface area contributed by atoms with Gasteiger partial charge in [-0.3, -0.25) is 24.1 Å². The van der Waals surface area contributed by atoms with E-state index in [1.54, 1.807) is 47.6 Å². The molecule has 2 amide bonds. The minimum Gasteiger partial charge on any atom is -0.481 e. The number of ether oxygens (including phenoxy) is 7. The molecule has 1 saturated heterocycles. The largest absolute Gasteiger partial charge is 0.509 e. The normalized spacial score (nSPS) is 24.5. The van der Waals surface area contributed by atoms with E-state index >= 15 is 0 Å². The van der Waals surface area contributed by atoms with Crippen molar-refractivity contribution in [2.24, 2.45) is 0 Å². The summed E-state index contributed by atoms with van der Waals surface area (Å²) < 4.78 is 39.6. The number of esters is 2. The van der Waals surface area contributed by atoms with Crippen LogP contribution in [0.3, 0.4) is 0 Å². The molecule has 16 heteroatoms. The van der Waals surface area contributed by atoms with Crippen LogP contribution in [0.4, 0.5) is 9.59 Å². The van der Waals surface area contributed by atoms with Crippen LogP contribution in [-0.4, -0.2) is 109 Å². The fourth-order valence-corrected chi connectivity index (χ4v) is 8.00. The van der Waals surface area contributed by atoms with Gasteiger partial charge in [-0.2, -0.15) is 0 Å². The van der Waals surface area contributed by atoms with E-state index in [0.717, 1.165) is 16.7 Å². The standard InChI is InChI=1S/C40H55N3O13/c1-22-11-12-25-21-27-40(54-29(45)15-19-42-34(47)24(3)51-36(49)56-38(7,8)9)16-13-26(32-39(40,17-20-43(27)10)30(25)31(22)53-32)52-28(44)14-18-41-33(46)23(2)50-35(48)55-37(4,5)6/h11-13,23-24,27,32H,14-21H2,1-10H3,(H,41,46)(H,42,47)/t23-,24-,27+,32-,39-,40+/m0/s1. The van der Waals surface area contributed by atoms with E-state index in [0.29, 0.717) is 30.9 Å². The Labute approximate surface area is 327 Å². The maximum Gasteiger partial charge on any atom is 0.509 e. The molecule has 2 N–H and O–H groups in total. The number of carbonyl (C=O) groups excluding carboxylic acids is 6. The van der Waals surface area contributed by atoms with Crippen LogP contribution < -0.4 is 15.4 Å². The molecule has 2 heterocycles. The van der Waals surface area contributed by atoms with Crippen LogP contribution in [0.25, 0.3) is 0 Å². The summed E-state index contributed by atoms with van der Waals surface area (Å²) in [5.41, 5.74) is -0.646. The molecule has 4 aliphatic rings. The lowest BCUT2D eigenvalue weighted by molar-refractivity contribution is -0.206. The number of benzene rings is 1. The quantitative estimate of drug-likeness (QED) is 0.228. The van der Waals surface area contributed by atoms with E-state index in [1.807, 2.05) is 20.0 Å². The molecule has 308 valence electrons. The van der Waals surface area contributed by atoms with Crippen LogP contribution >= 0.6 is 0 Å². The molecule has 1 spiro atoms. The van der Waals surface area contributed by atoms with Crippen molar-refractivity contribution < 1.29 is 61.9 Å². The van der Waals surface area contributed by atoms with Gasteiger partial charge in [0.1, 0.15) is 28.3 Å². The molecule has 16 nitrogen and oxygen atoms in total. The molecule has 1 aromatic carbocycles. The number of aryl methyl sites for hydroxylation is 1. The van der Waals surface area contributed by atoms with Crippen molar-refractivity contribution in [3.63, 3.8) is 0 Å². The molecule has 1 fully saturated rings. The highest BCUT2D eigenvalue weighted by molar-refractivity contribution is 5.83. The van der Waals surface area contributed by atoms with Gasteiger partial charge in [0.05, 0.1) is 24.3 Å². The van der Waals surface area contributed by atoms with Crippen LogP contribution in [-0.2, 0) is 59.4 Å². The second-order valence-electron chi connectivity index (χ2n) is 16.8. The number of carbonyl (C=O) groups is 6. The predicted octanol–water partition coefficient (Wildman–Crippen LogP) is 4.06. The van der Waals surface area contributed by atoms with Gasteiger partial charge in [-0.25, -0.2) is 9.59 Å². The molecular weight excluding hydrogens is 730 g/mol. The van der Waals surface area contributed by atoms with Gasteiger partial charge in [0.15, 0.2) is 18.3 Å². The van der Waals surface area contributed by atoms with Crippen LogP contribution in [0.15, 0.2) is 24.0 Å². The number of nitrogens with one attached hydrogen (secondary N) is 2. The summed E-state index contributed by atoms with van der Waals surface area (Å²) in [5, 5.41) is 5.21. The zero-order valence-corrected chi connectivity index (χ0v) is 34.0. The van der Waals surface area contributed by atoms with Gasteiger partial charge in [0.25, 0.3) is 11.8 Å². The zero-order chi connectivity index (χ0) is 41.4. The number of likely N-dealkylation sites (tertiary alicyclic amines) is 1. The van der Waals surface area contributed by atoms with Gasteiger partial charge < -0.3 is 43.8 Å². The van der Waals surface area contributed by atoms with E-state index < -0.39 is 76.6 Å². The fourth-order valence-electron chi connectivity index (χ4n) is 8.00. The average molecular weight is 786 g/mol. The summed E-state index contributed by atoms with van der Waals surface area (Å²) in [6, 6.07) is 3.84. The molecule has 2 bridgehead atoms. The molecule has 5 rings (SSSR count). The lowest BCUT2D eigenvalue weighted by atomic mass is 9.50. The highest BCUT2D eigenvalue weighted by Crippen LogP contribution is 2.65. The Morgan fingerprint density at radius 2 is 1.43 bits per heavy atom. The first-order chi connectivity index (χ1) is 26.1. The molecule has 1 aromatic rings. The van der Waals surface area contributed by atoms with E-state index in [2.05, 4.69) is 21.6 Å². The van der Waals surface area contributed by atoms with Crippen LogP contribution in [0.2, 0.25) is 0 Å². The number of hydrogen-bond donors (Lipinski definition) is 2. The topological polar surface area (TPSA) is 194 Å². The third-order valence-electron chi connectivity index (χ3n) is 10.4. The molecule has 56 heavy (non-hydrogen) atoms. The van der Waals surface area contributed by atoms with E-state index in [-0.39, 0.29) is 38.4 Å². The average Bonchev–Trinajstić information content (AvgIpc) is 3.43. The Morgan fingerprint density at radius 3 is 1.98 bits per heavy atom. The van der Waals surface area contributed by atoms with Crippen molar-refractivity contribution in [2.75, 3.05) is 26.7 Å². The maximum atomic E-state index is 13.8. The Bertz CT molecular complexity index is 1780. The molecule has 0 radical (unpaired) electrons. The summed E-state index contributed by atoms with van der Waals surface area (Å²) in [7, 11) is 2.00. The number of rotatable bonds is 12. The van der Waals surface area contributed by atoms with Crippen molar-refractivity contribution in [1.82, 2.24) is 15.5 Å².